The van der Waals surface area contributed by atoms with Crippen molar-refractivity contribution < 1.29 is 9.13 Å². The topological polar surface area (TPSA) is 21.3 Å². The van der Waals surface area contributed by atoms with Gasteiger partial charge in [0, 0.05) is 29.8 Å². The van der Waals surface area contributed by atoms with Gasteiger partial charge in [-0.15, -0.1) is 0 Å². The molecule has 0 spiro atoms. The van der Waals surface area contributed by atoms with E-state index in [1.165, 1.54) is 12.1 Å². The second kappa shape index (κ2) is 6.82. The van der Waals surface area contributed by atoms with Gasteiger partial charge >= 0.3 is 0 Å². The first-order chi connectivity index (χ1) is 9.08. The van der Waals surface area contributed by atoms with Crippen molar-refractivity contribution >= 4 is 15.9 Å². The monoisotopic (exact) mass is 329 g/mol. The van der Waals surface area contributed by atoms with Crippen molar-refractivity contribution in [2.24, 2.45) is 5.92 Å². The van der Waals surface area contributed by atoms with E-state index in [-0.39, 0.29) is 11.9 Å². The van der Waals surface area contributed by atoms with Crippen LogP contribution in [0.15, 0.2) is 22.7 Å². The van der Waals surface area contributed by atoms with E-state index in [9.17, 15) is 4.39 Å². The molecule has 0 saturated carbocycles. The Kier molecular flexibility index (Phi) is 5.37. The maximum absolute atomic E-state index is 13.1. The Hall–Kier alpha value is -0.450. The van der Waals surface area contributed by atoms with Gasteiger partial charge in [0.15, 0.2) is 0 Å². The lowest BCUT2D eigenvalue weighted by atomic mass is 9.92. The number of halogens is 2. The smallest absolute Gasteiger partial charge is 0.124 e. The van der Waals surface area contributed by atoms with Crippen molar-refractivity contribution in [3.63, 3.8) is 0 Å². The van der Waals surface area contributed by atoms with E-state index in [0.29, 0.717) is 12.0 Å². The maximum Gasteiger partial charge on any atom is 0.124 e. The summed E-state index contributed by atoms with van der Waals surface area (Å²) in [5.74, 6) is 0.454. The minimum Gasteiger partial charge on any atom is -0.381 e. The fourth-order valence-corrected chi connectivity index (χ4v) is 3.38. The summed E-state index contributed by atoms with van der Waals surface area (Å²) in [5.41, 5.74) is 1.10. The molecule has 0 radical (unpaired) electrons. The van der Waals surface area contributed by atoms with Crippen LogP contribution < -0.4 is 5.32 Å². The molecule has 1 aromatic rings. The second-order valence-corrected chi connectivity index (χ2v) is 6.15. The van der Waals surface area contributed by atoms with E-state index < -0.39 is 0 Å². The van der Waals surface area contributed by atoms with Gasteiger partial charge in [-0.2, -0.15) is 0 Å². The molecule has 2 unspecified atom stereocenters. The molecule has 1 saturated heterocycles. The van der Waals surface area contributed by atoms with Crippen LogP contribution in [0.3, 0.4) is 0 Å². The van der Waals surface area contributed by atoms with Crippen molar-refractivity contribution in [2.75, 3.05) is 13.2 Å². The molecule has 106 valence electrons. The van der Waals surface area contributed by atoms with Gasteiger partial charge in [-0.25, -0.2) is 4.39 Å². The molecule has 2 nitrogen and oxygen atoms in total. The zero-order chi connectivity index (χ0) is 13.8. The lowest BCUT2D eigenvalue weighted by molar-refractivity contribution is 0.0547. The minimum atomic E-state index is -0.208. The third-order valence-electron chi connectivity index (χ3n) is 3.91. The Labute approximate surface area is 122 Å². The average molecular weight is 330 g/mol. The Balaban J connectivity index is 1.97. The Bertz CT molecular complexity index is 421. The Morgan fingerprint density at radius 1 is 1.32 bits per heavy atom. The molecule has 2 rings (SSSR count). The highest BCUT2D eigenvalue weighted by atomic mass is 79.9. The van der Waals surface area contributed by atoms with E-state index in [0.717, 1.165) is 36.1 Å². The van der Waals surface area contributed by atoms with Gasteiger partial charge in [-0.3, -0.25) is 0 Å². The molecule has 1 fully saturated rings. The van der Waals surface area contributed by atoms with Crippen molar-refractivity contribution in [2.45, 2.75) is 38.8 Å². The summed E-state index contributed by atoms with van der Waals surface area (Å²) >= 11 is 3.43. The number of nitrogens with one attached hydrogen (secondary N) is 1. The molecule has 4 heteroatoms. The summed E-state index contributed by atoms with van der Waals surface area (Å²) in [6, 6.07) is 5.52. The quantitative estimate of drug-likeness (QED) is 0.899. The van der Waals surface area contributed by atoms with Crippen LogP contribution in [0.25, 0.3) is 0 Å². The van der Waals surface area contributed by atoms with Crippen LogP contribution in [0.5, 0.6) is 0 Å². The molecule has 0 aliphatic carbocycles. The molecule has 1 aromatic carbocycles. The number of benzene rings is 1. The van der Waals surface area contributed by atoms with E-state index in [4.69, 9.17) is 4.74 Å². The average Bonchev–Trinajstić information content (AvgIpc) is 2.39. The van der Waals surface area contributed by atoms with Crippen molar-refractivity contribution in [1.29, 1.82) is 0 Å². The summed E-state index contributed by atoms with van der Waals surface area (Å²) in [6.07, 6.45) is 2.23. The summed E-state index contributed by atoms with van der Waals surface area (Å²) in [6.45, 7) is 6.08. The molecule has 0 amide bonds. The number of hydrogen-bond donors (Lipinski definition) is 1. The van der Waals surface area contributed by atoms with E-state index in [1.54, 1.807) is 0 Å². The molecular formula is C15H21BrFNO. The van der Waals surface area contributed by atoms with Crippen LogP contribution >= 0.6 is 15.9 Å². The van der Waals surface area contributed by atoms with E-state index in [2.05, 4.69) is 35.1 Å². The van der Waals surface area contributed by atoms with Gasteiger partial charge < -0.3 is 10.1 Å². The van der Waals surface area contributed by atoms with Crippen LogP contribution in [0.4, 0.5) is 4.39 Å². The second-order valence-electron chi connectivity index (χ2n) is 5.29. The van der Waals surface area contributed by atoms with Gasteiger partial charge in [0.2, 0.25) is 0 Å². The zero-order valence-electron chi connectivity index (χ0n) is 11.5. The number of ether oxygens (including phenoxy) is 1. The summed E-state index contributed by atoms with van der Waals surface area (Å²) in [5, 5.41) is 3.62. The largest absolute Gasteiger partial charge is 0.381 e. The fraction of sp³-hybridized carbons (Fsp3) is 0.600. The fourth-order valence-electron chi connectivity index (χ4n) is 2.69. The zero-order valence-corrected chi connectivity index (χ0v) is 13.0. The van der Waals surface area contributed by atoms with Crippen molar-refractivity contribution in [1.82, 2.24) is 5.32 Å². The van der Waals surface area contributed by atoms with Crippen LogP contribution in [-0.4, -0.2) is 19.3 Å². The predicted octanol–water partition coefficient (Wildman–Crippen LogP) is 4.05. The van der Waals surface area contributed by atoms with Crippen molar-refractivity contribution in [3.05, 3.63) is 34.1 Å². The molecule has 1 heterocycles. The SMILES string of the molecule is CC(NC(C)C1CCOCC1)c1ccc(F)cc1Br. The lowest BCUT2D eigenvalue weighted by Gasteiger charge is -2.31. The van der Waals surface area contributed by atoms with E-state index >= 15 is 0 Å². The molecular weight excluding hydrogens is 309 g/mol. The third kappa shape index (κ3) is 4.01. The molecule has 1 aliphatic rings. The molecule has 2 atom stereocenters. The highest BCUT2D eigenvalue weighted by Crippen LogP contribution is 2.26. The summed E-state index contributed by atoms with van der Waals surface area (Å²) in [4.78, 5) is 0. The number of hydrogen-bond acceptors (Lipinski definition) is 2. The number of rotatable bonds is 4. The summed E-state index contributed by atoms with van der Waals surface area (Å²) < 4.78 is 19.3. The Morgan fingerprint density at radius 3 is 2.63 bits per heavy atom. The summed E-state index contributed by atoms with van der Waals surface area (Å²) in [7, 11) is 0. The van der Waals surface area contributed by atoms with Gasteiger partial charge in [0.25, 0.3) is 0 Å². The predicted molar refractivity (Wildman–Crippen MR) is 78.7 cm³/mol. The van der Waals surface area contributed by atoms with Crippen molar-refractivity contribution in [3.8, 4) is 0 Å². The molecule has 0 bridgehead atoms. The Morgan fingerprint density at radius 2 is 2.00 bits per heavy atom. The molecule has 0 aromatic heterocycles. The first kappa shape index (κ1) is 14.9. The first-order valence-electron chi connectivity index (χ1n) is 6.86. The van der Waals surface area contributed by atoms with Gasteiger partial charge in [0.1, 0.15) is 5.82 Å². The lowest BCUT2D eigenvalue weighted by Crippen LogP contribution is -2.38. The van der Waals surface area contributed by atoms with E-state index in [1.807, 2.05) is 6.07 Å². The van der Waals surface area contributed by atoms with Crippen LogP contribution in [0.1, 0.15) is 38.3 Å². The maximum atomic E-state index is 13.1. The van der Waals surface area contributed by atoms with Crippen LogP contribution in [-0.2, 0) is 4.74 Å². The molecule has 1 N–H and O–H groups in total. The third-order valence-corrected chi connectivity index (χ3v) is 4.60. The normalized spacial score (nSPS) is 20.2. The minimum absolute atomic E-state index is 0.202. The first-order valence-corrected chi connectivity index (χ1v) is 7.66. The molecule has 1 aliphatic heterocycles. The van der Waals surface area contributed by atoms with Gasteiger partial charge in [0.05, 0.1) is 0 Å². The highest BCUT2D eigenvalue weighted by Gasteiger charge is 2.22. The van der Waals surface area contributed by atoms with Crippen LogP contribution in [0, 0.1) is 11.7 Å². The standard InChI is InChI=1S/C15H21BrFNO/c1-10(12-5-7-19-8-6-12)18-11(2)14-4-3-13(17)9-15(14)16/h3-4,9-12,18H,5-8H2,1-2H3. The van der Waals surface area contributed by atoms with Crippen LogP contribution in [0.2, 0.25) is 0 Å². The van der Waals surface area contributed by atoms with Gasteiger partial charge in [-0.1, -0.05) is 22.0 Å². The molecule has 19 heavy (non-hydrogen) atoms. The van der Waals surface area contributed by atoms with Gasteiger partial charge in [-0.05, 0) is 50.3 Å². The highest BCUT2D eigenvalue weighted by molar-refractivity contribution is 9.10.